The first-order valence-electron chi connectivity index (χ1n) is 6.97. The Kier molecular flexibility index (Phi) is 4.49. The minimum atomic E-state index is -0.670. The fourth-order valence-corrected chi connectivity index (χ4v) is 2.90. The van der Waals surface area contributed by atoms with Gasteiger partial charge in [-0.1, -0.05) is 6.07 Å². The summed E-state index contributed by atoms with van der Waals surface area (Å²) in [5.41, 5.74) is 7.06. The molecule has 1 aliphatic heterocycles. The molecular formula is C15H22N2O3. The summed E-state index contributed by atoms with van der Waals surface area (Å²) >= 11 is 0. The van der Waals surface area contributed by atoms with Gasteiger partial charge in [0.2, 0.25) is 5.91 Å². The fourth-order valence-electron chi connectivity index (χ4n) is 2.90. The third-order valence-corrected chi connectivity index (χ3v) is 3.82. The zero-order valence-electron chi connectivity index (χ0n) is 12.0. The molecule has 0 saturated carbocycles. The number of anilines is 1. The Hall–Kier alpha value is -1.75. The maximum atomic E-state index is 11.7. The average molecular weight is 278 g/mol. The minimum Gasteiger partial charge on any atom is -0.496 e. The van der Waals surface area contributed by atoms with Gasteiger partial charge in [-0.15, -0.1) is 0 Å². The number of carbonyl (C=O) groups excluding carboxylic acids is 1. The van der Waals surface area contributed by atoms with Crippen LogP contribution in [0.4, 0.5) is 5.69 Å². The highest BCUT2D eigenvalue weighted by Gasteiger charge is 2.30. The number of hydrogen-bond acceptors (Lipinski definition) is 4. The monoisotopic (exact) mass is 278 g/mol. The van der Waals surface area contributed by atoms with E-state index in [9.17, 15) is 9.90 Å². The summed E-state index contributed by atoms with van der Waals surface area (Å²) in [6.45, 7) is 2.46. The molecular weight excluding hydrogens is 256 g/mol. The number of nitrogens with zero attached hydrogens (tertiary/aromatic N) is 1. The zero-order chi connectivity index (χ0) is 14.7. The van der Waals surface area contributed by atoms with Crippen LogP contribution in [0.25, 0.3) is 0 Å². The Morgan fingerprint density at radius 1 is 1.50 bits per heavy atom. The summed E-state index contributed by atoms with van der Waals surface area (Å²) in [6.07, 6.45) is 2.10. The van der Waals surface area contributed by atoms with E-state index in [1.54, 1.807) is 14.0 Å². The summed E-state index contributed by atoms with van der Waals surface area (Å²) in [5, 5.41) is 10.0. The van der Waals surface area contributed by atoms with Crippen molar-refractivity contribution in [2.75, 3.05) is 18.6 Å². The Labute approximate surface area is 119 Å². The number of ether oxygens (including phenoxy) is 1. The van der Waals surface area contributed by atoms with Gasteiger partial charge in [0.15, 0.2) is 0 Å². The van der Waals surface area contributed by atoms with E-state index in [4.69, 9.17) is 10.5 Å². The number of rotatable bonds is 4. The molecule has 1 saturated heterocycles. The summed E-state index contributed by atoms with van der Waals surface area (Å²) in [7, 11) is 1.58. The van der Waals surface area contributed by atoms with E-state index in [0.29, 0.717) is 11.3 Å². The van der Waals surface area contributed by atoms with Gasteiger partial charge in [-0.3, -0.25) is 4.79 Å². The third-order valence-electron chi connectivity index (χ3n) is 3.82. The van der Waals surface area contributed by atoms with Gasteiger partial charge in [0, 0.05) is 17.8 Å². The number of nitrogens with two attached hydrogens (primary N) is 1. The minimum absolute atomic E-state index is 0.312. The fraction of sp³-hybridized carbons (Fsp3) is 0.533. The number of primary amides is 1. The first-order valence-corrected chi connectivity index (χ1v) is 6.97. The highest BCUT2D eigenvalue weighted by Crippen LogP contribution is 2.37. The van der Waals surface area contributed by atoms with Crippen LogP contribution in [0.3, 0.4) is 0 Å². The maximum Gasteiger partial charge on any atom is 0.240 e. The van der Waals surface area contributed by atoms with Crippen LogP contribution in [-0.2, 0) is 4.79 Å². The second-order valence-corrected chi connectivity index (χ2v) is 5.18. The van der Waals surface area contributed by atoms with Crippen molar-refractivity contribution < 1.29 is 14.6 Å². The number of amides is 1. The van der Waals surface area contributed by atoms with Crippen LogP contribution in [0.1, 0.15) is 37.9 Å². The lowest BCUT2D eigenvalue weighted by Gasteiger charge is -2.37. The summed E-state index contributed by atoms with van der Waals surface area (Å²) in [4.78, 5) is 13.7. The van der Waals surface area contributed by atoms with E-state index in [1.165, 1.54) is 0 Å². The molecule has 0 bridgehead atoms. The SMILES string of the molecule is COc1cccc(N2CCCCC2C(N)=O)c1[C@H](C)O. The molecule has 110 valence electrons. The largest absolute Gasteiger partial charge is 0.496 e. The van der Waals surface area contributed by atoms with Crippen LogP contribution in [-0.4, -0.2) is 30.7 Å². The molecule has 1 amide bonds. The van der Waals surface area contributed by atoms with Crippen LogP contribution in [0.2, 0.25) is 0 Å². The first-order chi connectivity index (χ1) is 9.56. The topological polar surface area (TPSA) is 75.8 Å². The molecule has 20 heavy (non-hydrogen) atoms. The number of aliphatic hydroxyl groups excluding tert-OH is 1. The molecule has 3 N–H and O–H groups in total. The standard InChI is InChI=1S/C15H22N2O3/c1-10(18)14-11(7-5-8-13(14)20-2)17-9-4-3-6-12(17)15(16)19/h5,7-8,10,12,18H,3-4,6,9H2,1-2H3,(H2,16,19)/t10-,12?/m0/s1. The molecule has 2 atom stereocenters. The van der Waals surface area contributed by atoms with Gasteiger partial charge in [0.1, 0.15) is 11.8 Å². The lowest BCUT2D eigenvalue weighted by atomic mass is 9.97. The molecule has 1 fully saturated rings. The van der Waals surface area contributed by atoms with Crippen molar-refractivity contribution in [3.63, 3.8) is 0 Å². The molecule has 0 aliphatic carbocycles. The third kappa shape index (κ3) is 2.72. The van der Waals surface area contributed by atoms with Crippen molar-refractivity contribution in [3.05, 3.63) is 23.8 Å². The van der Waals surface area contributed by atoms with E-state index < -0.39 is 6.10 Å². The van der Waals surface area contributed by atoms with Gasteiger partial charge in [0.05, 0.1) is 13.2 Å². The molecule has 1 unspecified atom stereocenters. The van der Waals surface area contributed by atoms with E-state index in [2.05, 4.69) is 0 Å². The van der Waals surface area contributed by atoms with E-state index >= 15 is 0 Å². The summed E-state index contributed by atoms with van der Waals surface area (Å²) in [5.74, 6) is 0.315. The predicted molar refractivity (Wildman–Crippen MR) is 77.8 cm³/mol. The molecule has 0 radical (unpaired) electrons. The number of piperidine rings is 1. The lowest BCUT2D eigenvalue weighted by molar-refractivity contribution is -0.119. The first kappa shape index (κ1) is 14.7. The maximum absolute atomic E-state index is 11.7. The van der Waals surface area contributed by atoms with Gasteiger partial charge < -0.3 is 20.5 Å². The second kappa shape index (κ2) is 6.13. The molecule has 2 rings (SSSR count). The quantitative estimate of drug-likeness (QED) is 0.877. The summed E-state index contributed by atoms with van der Waals surface area (Å²) in [6, 6.07) is 5.28. The lowest BCUT2D eigenvalue weighted by Crippen LogP contribution is -2.48. The number of aliphatic hydroxyl groups is 1. The number of hydrogen-bond donors (Lipinski definition) is 2. The molecule has 1 aromatic carbocycles. The highest BCUT2D eigenvalue weighted by molar-refractivity contribution is 5.84. The van der Waals surface area contributed by atoms with E-state index in [1.807, 2.05) is 23.1 Å². The zero-order valence-corrected chi connectivity index (χ0v) is 12.0. The van der Waals surface area contributed by atoms with Crippen molar-refractivity contribution in [2.45, 2.75) is 38.3 Å². The van der Waals surface area contributed by atoms with Gasteiger partial charge in [-0.2, -0.15) is 0 Å². The predicted octanol–water partition coefficient (Wildman–Crippen LogP) is 1.59. The van der Waals surface area contributed by atoms with Crippen molar-refractivity contribution in [1.29, 1.82) is 0 Å². The van der Waals surface area contributed by atoms with Crippen LogP contribution in [0, 0.1) is 0 Å². The second-order valence-electron chi connectivity index (χ2n) is 5.18. The van der Waals surface area contributed by atoms with Crippen LogP contribution < -0.4 is 15.4 Å². The molecule has 5 nitrogen and oxygen atoms in total. The van der Waals surface area contributed by atoms with Gasteiger partial charge in [-0.05, 0) is 38.3 Å². The van der Waals surface area contributed by atoms with Crippen LogP contribution >= 0.6 is 0 Å². The molecule has 1 aliphatic rings. The number of benzene rings is 1. The Morgan fingerprint density at radius 3 is 2.85 bits per heavy atom. The molecule has 0 spiro atoms. The van der Waals surface area contributed by atoms with Gasteiger partial charge >= 0.3 is 0 Å². The van der Waals surface area contributed by atoms with Gasteiger partial charge in [-0.25, -0.2) is 0 Å². The molecule has 1 aromatic rings. The van der Waals surface area contributed by atoms with Crippen molar-refractivity contribution in [3.8, 4) is 5.75 Å². The average Bonchev–Trinajstić information content (AvgIpc) is 2.46. The van der Waals surface area contributed by atoms with Crippen molar-refractivity contribution in [1.82, 2.24) is 0 Å². The summed E-state index contributed by atoms with van der Waals surface area (Å²) < 4.78 is 5.33. The smallest absolute Gasteiger partial charge is 0.240 e. The number of carbonyl (C=O) groups is 1. The normalized spacial score (nSPS) is 20.6. The highest BCUT2D eigenvalue weighted by atomic mass is 16.5. The Bertz CT molecular complexity index is 488. The van der Waals surface area contributed by atoms with Gasteiger partial charge in [0.25, 0.3) is 0 Å². The molecule has 1 heterocycles. The van der Waals surface area contributed by atoms with E-state index in [0.717, 1.165) is 31.5 Å². The number of methoxy groups -OCH3 is 1. The van der Waals surface area contributed by atoms with E-state index in [-0.39, 0.29) is 11.9 Å². The Morgan fingerprint density at radius 2 is 2.25 bits per heavy atom. The van der Waals surface area contributed by atoms with Crippen LogP contribution in [0.15, 0.2) is 18.2 Å². The van der Waals surface area contributed by atoms with Crippen molar-refractivity contribution >= 4 is 11.6 Å². The van der Waals surface area contributed by atoms with Crippen molar-refractivity contribution in [2.24, 2.45) is 5.73 Å². The van der Waals surface area contributed by atoms with Crippen LogP contribution in [0.5, 0.6) is 5.75 Å². The Balaban J connectivity index is 2.47. The molecule has 5 heteroatoms. The molecule has 0 aromatic heterocycles.